The highest BCUT2D eigenvalue weighted by Gasteiger charge is 2.24. The number of fused-ring (bicyclic) bond motifs is 1. The van der Waals surface area contributed by atoms with Crippen LogP contribution in [0, 0.1) is 6.92 Å². The third kappa shape index (κ3) is 4.16. The number of sulfonamides is 1. The molecule has 6 nitrogen and oxygen atoms in total. The van der Waals surface area contributed by atoms with E-state index in [9.17, 15) is 8.42 Å². The first-order valence-electron chi connectivity index (χ1n) is 10.3. The van der Waals surface area contributed by atoms with Crippen molar-refractivity contribution in [1.82, 2.24) is 4.98 Å². The summed E-state index contributed by atoms with van der Waals surface area (Å²) < 4.78 is 40.1. The Hall–Kier alpha value is -3.33. The molecule has 3 aromatic heterocycles. The smallest absolute Gasteiger partial charge is 0.261 e. The average molecular weight is 511 g/mol. The van der Waals surface area contributed by atoms with Gasteiger partial charge in [-0.15, -0.1) is 11.3 Å². The van der Waals surface area contributed by atoms with Gasteiger partial charge >= 0.3 is 0 Å². The maximum Gasteiger partial charge on any atom is 0.261 e. The average Bonchev–Trinajstić information content (AvgIpc) is 3.47. The van der Waals surface area contributed by atoms with Crippen LogP contribution in [-0.2, 0) is 10.0 Å². The molecule has 34 heavy (non-hydrogen) atoms. The van der Waals surface area contributed by atoms with Gasteiger partial charge in [0.05, 0.1) is 30.2 Å². The molecule has 0 bridgehead atoms. The van der Waals surface area contributed by atoms with Crippen LogP contribution in [0.1, 0.15) is 5.69 Å². The molecule has 0 saturated carbocycles. The summed E-state index contributed by atoms with van der Waals surface area (Å²) in [6.45, 7) is 1.83. The standard InChI is InChI=1S/C25H19ClN2O4S2/c1-15-11-21(28-34(29,30)20-8-4-6-18(26)13-20)23-22(16-5-3-7-19(12-16)31-2)24(33-25(23)27-15)17-9-10-32-14-17/h3-14H,1-2H3,(H,27,28). The Labute approximate surface area is 205 Å². The van der Waals surface area contributed by atoms with Gasteiger partial charge in [-0.3, -0.25) is 4.72 Å². The van der Waals surface area contributed by atoms with Gasteiger partial charge in [-0.1, -0.05) is 29.8 Å². The number of pyridine rings is 1. The normalized spacial score (nSPS) is 11.6. The van der Waals surface area contributed by atoms with Gasteiger partial charge in [-0.2, -0.15) is 0 Å². The molecule has 172 valence electrons. The first-order valence-corrected chi connectivity index (χ1v) is 12.9. The summed E-state index contributed by atoms with van der Waals surface area (Å²) in [5.74, 6) is 0.691. The van der Waals surface area contributed by atoms with Crippen molar-refractivity contribution in [2.24, 2.45) is 0 Å². The third-order valence-electron chi connectivity index (χ3n) is 5.28. The number of rotatable bonds is 6. The van der Waals surface area contributed by atoms with Crippen LogP contribution in [0.15, 0.2) is 82.5 Å². The Balaban J connectivity index is 1.78. The van der Waals surface area contributed by atoms with E-state index in [4.69, 9.17) is 25.7 Å². The van der Waals surface area contributed by atoms with Crippen LogP contribution in [0.2, 0.25) is 5.02 Å². The number of anilines is 1. The minimum Gasteiger partial charge on any atom is -0.497 e. The van der Waals surface area contributed by atoms with Gasteiger partial charge in [0.1, 0.15) is 10.6 Å². The number of hydrogen-bond donors (Lipinski definition) is 1. The van der Waals surface area contributed by atoms with E-state index in [1.807, 2.05) is 37.3 Å². The zero-order chi connectivity index (χ0) is 23.9. The quantitative estimate of drug-likeness (QED) is 0.266. The Morgan fingerprint density at radius 3 is 2.62 bits per heavy atom. The third-order valence-corrected chi connectivity index (χ3v) is 8.01. The minimum atomic E-state index is -3.90. The number of benzene rings is 2. The number of thiophene rings is 1. The number of nitrogens with one attached hydrogen (secondary N) is 1. The van der Waals surface area contributed by atoms with Crippen molar-refractivity contribution >= 4 is 48.9 Å². The second-order valence-electron chi connectivity index (χ2n) is 7.60. The summed E-state index contributed by atoms with van der Waals surface area (Å²) in [4.78, 5) is 6.41. The monoisotopic (exact) mass is 510 g/mol. The fraction of sp³-hybridized carbons (Fsp3) is 0.0800. The van der Waals surface area contributed by atoms with Gasteiger partial charge < -0.3 is 9.15 Å². The number of ether oxygens (including phenoxy) is 1. The molecule has 0 amide bonds. The zero-order valence-electron chi connectivity index (χ0n) is 18.2. The van der Waals surface area contributed by atoms with Crippen molar-refractivity contribution in [1.29, 1.82) is 0 Å². The Morgan fingerprint density at radius 1 is 1.06 bits per heavy atom. The van der Waals surface area contributed by atoms with Crippen LogP contribution in [0.4, 0.5) is 5.69 Å². The molecule has 5 aromatic rings. The maximum atomic E-state index is 13.3. The number of nitrogens with zero attached hydrogens (tertiary/aromatic N) is 1. The van der Waals surface area contributed by atoms with Crippen LogP contribution in [0.3, 0.4) is 0 Å². The van der Waals surface area contributed by atoms with Crippen molar-refractivity contribution in [3.8, 4) is 27.3 Å². The first-order chi connectivity index (χ1) is 16.4. The van der Waals surface area contributed by atoms with E-state index in [2.05, 4.69) is 4.72 Å². The van der Waals surface area contributed by atoms with Crippen molar-refractivity contribution < 1.29 is 17.6 Å². The van der Waals surface area contributed by atoms with E-state index in [1.165, 1.54) is 23.5 Å². The van der Waals surface area contributed by atoms with Crippen LogP contribution in [0.25, 0.3) is 31.8 Å². The van der Waals surface area contributed by atoms with E-state index in [0.717, 1.165) is 21.6 Å². The van der Waals surface area contributed by atoms with Gasteiger partial charge in [-0.25, -0.2) is 13.4 Å². The summed E-state index contributed by atoms with van der Waals surface area (Å²) in [6, 6.07) is 17.4. The van der Waals surface area contributed by atoms with E-state index in [-0.39, 0.29) is 4.90 Å². The lowest BCUT2D eigenvalue weighted by Crippen LogP contribution is -2.13. The van der Waals surface area contributed by atoms with Crippen molar-refractivity contribution in [3.63, 3.8) is 0 Å². The van der Waals surface area contributed by atoms with Gasteiger partial charge in [0.15, 0.2) is 0 Å². The predicted octanol–water partition coefficient (Wildman–Crippen LogP) is 6.99. The second-order valence-corrected chi connectivity index (χ2v) is 10.7. The van der Waals surface area contributed by atoms with E-state index < -0.39 is 10.0 Å². The molecule has 2 aromatic carbocycles. The molecular weight excluding hydrogens is 492 g/mol. The summed E-state index contributed by atoms with van der Waals surface area (Å²) in [5, 5.41) is 1.04. The number of aryl methyl sites for hydroxylation is 1. The Kier molecular flexibility index (Phi) is 5.81. The molecule has 0 saturated heterocycles. The number of hydrogen-bond acceptors (Lipinski definition) is 6. The van der Waals surface area contributed by atoms with Gasteiger partial charge in [0, 0.05) is 32.1 Å². The lowest BCUT2D eigenvalue weighted by molar-refractivity contribution is 0.415. The number of methoxy groups -OCH3 is 1. The zero-order valence-corrected chi connectivity index (χ0v) is 20.6. The highest BCUT2D eigenvalue weighted by Crippen LogP contribution is 2.48. The van der Waals surface area contributed by atoms with Crippen LogP contribution in [0.5, 0.6) is 5.75 Å². The number of aromatic nitrogens is 1. The topological polar surface area (TPSA) is 81.4 Å². The lowest BCUT2D eigenvalue weighted by atomic mass is 9.99. The van der Waals surface area contributed by atoms with Crippen LogP contribution < -0.4 is 9.46 Å². The SMILES string of the molecule is COc1cccc(-c2c(-c3ccoc3)sc3nc(C)cc(NS(=O)(=O)c4cccc(Cl)c4)c23)c1. The molecule has 9 heteroatoms. The molecule has 0 radical (unpaired) electrons. The van der Waals surface area contributed by atoms with Crippen LogP contribution >= 0.6 is 22.9 Å². The molecule has 5 rings (SSSR count). The van der Waals surface area contributed by atoms with Crippen molar-refractivity contribution in [2.45, 2.75) is 11.8 Å². The molecule has 3 heterocycles. The highest BCUT2D eigenvalue weighted by molar-refractivity contribution is 7.92. The van der Waals surface area contributed by atoms with Gasteiger partial charge in [-0.05, 0) is 55.0 Å². The predicted molar refractivity (Wildman–Crippen MR) is 136 cm³/mol. The van der Waals surface area contributed by atoms with E-state index >= 15 is 0 Å². The van der Waals surface area contributed by atoms with Crippen molar-refractivity contribution in [3.05, 3.63) is 83.9 Å². The van der Waals surface area contributed by atoms with Crippen LogP contribution in [-0.4, -0.2) is 20.5 Å². The Bertz CT molecular complexity index is 1610. The lowest BCUT2D eigenvalue weighted by Gasteiger charge is -2.13. The van der Waals surface area contributed by atoms with Crippen molar-refractivity contribution in [2.75, 3.05) is 11.8 Å². The molecule has 0 aliphatic heterocycles. The van der Waals surface area contributed by atoms with Gasteiger partial charge in [0.2, 0.25) is 0 Å². The molecule has 0 aliphatic rings. The summed E-state index contributed by atoms with van der Waals surface area (Å²) >= 11 is 7.52. The molecule has 0 unspecified atom stereocenters. The molecule has 0 spiro atoms. The molecular formula is C25H19ClN2O4S2. The first kappa shape index (κ1) is 22.5. The maximum absolute atomic E-state index is 13.3. The molecule has 0 atom stereocenters. The van der Waals surface area contributed by atoms with Gasteiger partial charge in [0.25, 0.3) is 10.0 Å². The van der Waals surface area contributed by atoms with E-state index in [1.54, 1.807) is 37.8 Å². The Morgan fingerprint density at radius 2 is 1.88 bits per heavy atom. The molecule has 0 aliphatic carbocycles. The largest absolute Gasteiger partial charge is 0.497 e. The van der Waals surface area contributed by atoms with E-state index in [0.29, 0.717) is 32.4 Å². The minimum absolute atomic E-state index is 0.0795. The fourth-order valence-corrected chi connectivity index (χ4v) is 6.41. The number of furan rings is 1. The number of halogens is 1. The second kappa shape index (κ2) is 8.79. The fourth-order valence-electron chi connectivity index (χ4n) is 3.79. The highest BCUT2D eigenvalue weighted by atomic mass is 35.5. The molecule has 0 fully saturated rings. The summed E-state index contributed by atoms with van der Waals surface area (Å²) in [6.07, 6.45) is 3.27. The molecule has 1 N–H and O–H groups in total. The summed E-state index contributed by atoms with van der Waals surface area (Å²) in [7, 11) is -2.29. The summed E-state index contributed by atoms with van der Waals surface area (Å²) in [5.41, 5.74) is 3.72.